The fraction of sp³-hybridized carbons (Fsp3) is 0.700. The third-order valence-corrected chi connectivity index (χ3v) is 3.42. The van der Waals surface area contributed by atoms with Gasteiger partial charge in [-0.3, -0.25) is 14.6 Å². The van der Waals surface area contributed by atoms with Crippen molar-refractivity contribution in [2.24, 2.45) is 0 Å². The van der Waals surface area contributed by atoms with Crippen molar-refractivity contribution >= 4 is 0 Å². The van der Waals surface area contributed by atoms with Gasteiger partial charge in [0, 0.05) is 25.2 Å². The van der Waals surface area contributed by atoms with Crippen LogP contribution in [-0.4, -0.2) is 16.3 Å². The van der Waals surface area contributed by atoms with Gasteiger partial charge in [-0.15, -0.1) is 0 Å². The van der Waals surface area contributed by atoms with Crippen LogP contribution in [0.15, 0.2) is 4.79 Å². The maximum atomic E-state index is 11.6. The summed E-state index contributed by atoms with van der Waals surface area (Å²) >= 11 is 0. The summed E-state index contributed by atoms with van der Waals surface area (Å²) in [4.78, 5) is 11.6. The van der Waals surface area contributed by atoms with Crippen molar-refractivity contribution in [2.75, 3.05) is 6.54 Å². The summed E-state index contributed by atoms with van der Waals surface area (Å²) in [6.45, 7) is 1.74. The minimum atomic E-state index is 0.110. The highest BCUT2D eigenvalue weighted by Gasteiger charge is 2.26. The molecule has 1 aromatic heterocycles. The van der Waals surface area contributed by atoms with E-state index in [1.807, 2.05) is 0 Å². The Morgan fingerprint density at radius 3 is 2.93 bits per heavy atom. The smallest absolute Gasteiger partial charge is 0.268 e. The second-order valence-electron chi connectivity index (χ2n) is 4.25. The molecule has 4 nitrogen and oxygen atoms in total. The van der Waals surface area contributed by atoms with Crippen LogP contribution in [0.3, 0.4) is 0 Å². The summed E-state index contributed by atoms with van der Waals surface area (Å²) in [5.74, 6) is 0. The van der Waals surface area contributed by atoms with Crippen LogP contribution in [0, 0.1) is 0 Å². The molecule has 1 fully saturated rings. The lowest BCUT2D eigenvalue weighted by molar-refractivity contribution is 0.280. The Bertz CT molecular complexity index is 400. The highest BCUT2D eigenvalue weighted by Crippen LogP contribution is 2.32. The molecule has 1 aliphatic carbocycles. The van der Waals surface area contributed by atoms with Crippen molar-refractivity contribution in [2.45, 2.75) is 38.3 Å². The van der Waals surface area contributed by atoms with Gasteiger partial charge in [-0.05, 0) is 19.3 Å². The first-order valence-electron chi connectivity index (χ1n) is 5.39. The highest BCUT2D eigenvalue weighted by molar-refractivity contribution is 5.21. The number of nitrogens with zero attached hydrogens (tertiary/aromatic N) is 1. The van der Waals surface area contributed by atoms with E-state index in [9.17, 15) is 4.79 Å². The van der Waals surface area contributed by atoms with Crippen LogP contribution in [0.1, 0.15) is 36.6 Å². The number of aromatic amines is 1. The van der Waals surface area contributed by atoms with Gasteiger partial charge < -0.3 is 5.32 Å². The zero-order chi connectivity index (χ0) is 9.54. The normalized spacial score (nSPS) is 21.7. The minimum absolute atomic E-state index is 0.110. The van der Waals surface area contributed by atoms with Crippen LogP contribution >= 0.6 is 0 Å². The van der Waals surface area contributed by atoms with E-state index in [1.165, 1.54) is 25.0 Å². The number of H-pyrrole nitrogens is 1. The van der Waals surface area contributed by atoms with E-state index < -0.39 is 0 Å². The van der Waals surface area contributed by atoms with Gasteiger partial charge in [0.2, 0.25) is 0 Å². The van der Waals surface area contributed by atoms with Gasteiger partial charge in [-0.2, -0.15) is 0 Å². The van der Waals surface area contributed by atoms with Crippen molar-refractivity contribution < 1.29 is 0 Å². The molecule has 1 saturated carbocycles. The molecule has 1 aliphatic heterocycles. The maximum Gasteiger partial charge on any atom is 0.268 e. The van der Waals surface area contributed by atoms with E-state index in [0.717, 1.165) is 25.1 Å². The van der Waals surface area contributed by atoms with Gasteiger partial charge in [0.25, 0.3) is 5.56 Å². The first kappa shape index (κ1) is 8.29. The number of fused-ring (bicyclic) bond motifs is 1. The molecule has 2 aliphatic rings. The molecule has 0 amide bonds. The molecule has 3 rings (SSSR count). The monoisotopic (exact) mass is 193 g/mol. The average Bonchev–Trinajstić information content (AvgIpc) is 2.43. The molecular formula is C10H15N3O. The van der Waals surface area contributed by atoms with Gasteiger partial charge in [0.05, 0.1) is 11.6 Å². The van der Waals surface area contributed by atoms with Gasteiger partial charge >= 0.3 is 0 Å². The van der Waals surface area contributed by atoms with E-state index in [-0.39, 0.29) is 5.56 Å². The zero-order valence-corrected chi connectivity index (χ0v) is 8.18. The summed E-state index contributed by atoms with van der Waals surface area (Å²) in [6.07, 6.45) is 4.75. The van der Waals surface area contributed by atoms with E-state index in [2.05, 4.69) is 15.1 Å². The highest BCUT2D eigenvalue weighted by atomic mass is 16.1. The lowest BCUT2D eigenvalue weighted by Gasteiger charge is -2.29. The number of rotatable bonds is 1. The molecule has 1 aromatic rings. The largest absolute Gasteiger partial charge is 0.312 e. The summed E-state index contributed by atoms with van der Waals surface area (Å²) in [5, 5.41) is 6.21. The van der Waals surface area contributed by atoms with Crippen molar-refractivity contribution in [1.29, 1.82) is 0 Å². The molecule has 4 heteroatoms. The lowest BCUT2D eigenvalue weighted by Crippen LogP contribution is -2.28. The van der Waals surface area contributed by atoms with Gasteiger partial charge in [0.15, 0.2) is 0 Å². The predicted molar refractivity (Wildman–Crippen MR) is 53.4 cm³/mol. The molecule has 0 aromatic carbocycles. The van der Waals surface area contributed by atoms with Crippen LogP contribution in [0.25, 0.3) is 0 Å². The van der Waals surface area contributed by atoms with Gasteiger partial charge in [-0.25, -0.2) is 0 Å². The summed E-state index contributed by atoms with van der Waals surface area (Å²) < 4.78 is 2.13. The number of aromatic nitrogens is 2. The summed E-state index contributed by atoms with van der Waals surface area (Å²) in [6, 6.07) is 0.574. The summed E-state index contributed by atoms with van der Waals surface area (Å²) in [5.41, 5.74) is 2.32. The topological polar surface area (TPSA) is 49.8 Å². The third-order valence-electron chi connectivity index (χ3n) is 3.42. The second-order valence-corrected chi connectivity index (χ2v) is 4.25. The SMILES string of the molecule is O=c1[nH]n(C2CCC2)c2c1CNCC2. The molecule has 2 N–H and O–H groups in total. The fourth-order valence-corrected chi connectivity index (χ4v) is 2.35. The van der Waals surface area contributed by atoms with E-state index >= 15 is 0 Å². The molecule has 0 radical (unpaired) electrons. The van der Waals surface area contributed by atoms with Crippen LogP contribution in [0.5, 0.6) is 0 Å². The standard InChI is InChI=1S/C10H15N3O/c14-10-8-6-11-5-4-9(8)13(12-10)7-2-1-3-7/h7,11H,1-6H2,(H,12,14). The third kappa shape index (κ3) is 1.07. The predicted octanol–water partition coefficient (Wildman–Crippen LogP) is 0.547. The Balaban J connectivity index is 2.06. The molecular weight excluding hydrogens is 178 g/mol. The Kier molecular flexibility index (Phi) is 1.77. The Labute approximate surface area is 82.3 Å². The van der Waals surface area contributed by atoms with E-state index in [1.54, 1.807) is 0 Å². The van der Waals surface area contributed by atoms with E-state index in [0.29, 0.717) is 6.04 Å². The van der Waals surface area contributed by atoms with Crippen LogP contribution in [0.4, 0.5) is 0 Å². The van der Waals surface area contributed by atoms with Gasteiger partial charge in [-0.1, -0.05) is 0 Å². The Hall–Kier alpha value is -1.03. The molecule has 76 valence electrons. The molecule has 0 spiro atoms. The van der Waals surface area contributed by atoms with E-state index in [4.69, 9.17) is 0 Å². The van der Waals surface area contributed by atoms with Crippen molar-refractivity contribution in [3.8, 4) is 0 Å². The quantitative estimate of drug-likeness (QED) is 0.684. The van der Waals surface area contributed by atoms with Gasteiger partial charge in [0.1, 0.15) is 0 Å². The van der Waals surface area contributed by atoms with Crippen molar-refractivity contribution in [1.82, 2.24) is 15.1 Å². The first-order chi connectivity index (χ1) is 6.86. The number of hydrogen-bond acceptors (Lipinski definition) is 2. The van der Waals surface area contributed by atoms with Crippen LogP contribution in [0.2, 0.25) is 0 Å². The molecule has 0 atom stereocenters. The Morgan fingerprint density at radius 2 is 2.21 bits per heavy atom. The first-order valence-corrected chi connectivity index (χ1v) is 5.39. The number of hydrogen-bond donors (Lipinski definition) is 2. The average molecular weight is 193 g/mol. The molecule has 0 saturated heterocycles. The maximum absolute atomic E-state index is 11.6. The summed E-state index contributed by atoms with van der Waals surface area (Å²) in [7, 11) is 0. The minimum Gasteiger partial charge on any atom is -0.312 e. The molecule has 2 heterocycles. The molecule has 14 heavy (non-hydrogen) atoms. The molecule has 0 unspecified atom stereocenters. The van der Waals surface area contributed by atoms with Crippen molar-refractivity contribution in [3.05, 3.63) is 21.6 Å². The molecule has 0 bridgehead atoms. The lowest BCUT2D eigenvalue weighted by atomic mass is 9.93. The zero-order valence-electron chi connectivity index (χ0n) is 8.18. The second kappa shape index (κ2) is 2.98. The fourth-order valence-electron chi connectivity index (χ4n) is 2.35. The number of nitrogens with one attached hydrogen (secondary N) is 2. The van der Waals surface area contributed by atoms with Crippen LogP contribution in [-0.2, 0) is 13.0 Å². The van der Waals surface area contributed by atoms with Crippen LogP contribution < -0.4 is 10.9 Å². The van der Waals surface area contributed by atoms with Crippen molar-refractivity contribution in [3.63, 3.8) is 0 Å². The Morgan fingerprint density at radius 1 is 1.36 bits per heavy atom.